The molecule has 1 aromatic heterocycles. The summed E-state index contributed by atoms with van der Waals surface area (Å²) < 4.78 is 98.6. The number of pyridine rings is 1. The lowest BCUT2D eigenvalue weighted by Gasteiger charge is -2.30. The fourth-order valence-electron chi connectivity index (χ4n) is 5.70. The van der Waals surface area contributed by atoms with E-state index in [-0.39, 0.29) is 41.6 Å². The maximum absolute atomic E-state index is 13.7. The van der Waals surface area contributed by atoms with E-state index in [0.717, 1.165) is 18.1 Å². The summed E-state index contributed by atoms with van der Waals surface area (Å²) in [6.07, 6.45) is -6.21. The molecule has 4 atom stereocenters. The maximum atomic E-state index is 13.7. The second-order valence-electron chi connectivity index (χ2n) is 9.83. The van der Waals surface area contributed by atoms with Gasteiger partial charge in [0.1, 0.15) is 11.4 Å². The van der Waals surface area contributed by atoms with Crippen molar-refractivity contribution in [3.63, 3.8) is 0 Å². The molecule has 0 spiro atoms. The minimum atomic E-state index is -5.03. The number of amides is 2. The summed E-state index contributed by atoms with van der Waals surface area (Å²) in [6.45, 7) is 1.93. The Bertz CT molecular complexity index is 1320. The normalized spacial score (nSPS) is 23.4. The molecular weight excluding hydrogens is 547 g/mol. The first-order valence-electron chi connectivity index (χ1n) is 12.5. The van der Waals surface area contributed by atoms with E-state index < -0.39 is 59.3 Å². The Morgan fingerprint density at radius 2 is 1.80 bits per heavy atom. The van der Waals surface area contributed by atoms with Gasteiger partial charge in [0.05, 0.1) is 18.6 Å². The summed E-state index contributed by atoms with van der Waals surface area (Å²) >= 11 is 0. The Balaban J connectivity index is 1.67. The average Bonchev–Trinajstić information content (AvgIpc) is 3.37. The molecule has 0 radical (unpaired) electrons. The number of allylic oxidation sites excluding steroid dienone is 1. The third-order valence-electron chi connectivity index (χ3n) is 7.25. The highest BCUT2D eigenvalue weighted by Gasteiger charge is 2.55. The molecule has 2 aliphatic carbocycles. The number of aromatic nitrogens is 1. The molecule has 2 fully saturated rings. The minimum absolute atomic E-state index is 0.0152. The Labute approximate surface area is 225 Å². The van der Waals surface area contributed by atoms with Gasteiger partial charge in [-0.2, -0.15) is 26.3 Å². The van der Waals surface area contributed by atoms with Crippen LogP contribution in [0.3, 0.4) is 0 Å². The molecule has 40 heavy (non-hydrogen) atoms. The highest BCUT2D eigenvalue weighted by molar-refractivity contribution is 5.98. The van der Waals surface area contributed by atoms with Crippen LogP contribution >= 0.6 is 0 Å². The molecular formula is C27H26F7N3O3. The number of ether oxygens (including phenoxy) is 1. The molecule has 0 saturated heterocycles. The minimum Gasteiger partial charge on any atom is -0.480 e. The van der Waals surface area contributed by atoms with Gasteiger partial charge in [0, 0.05) is 29.9 Å². The molecule has 0 aliphatic heterocycles. The largest absolute Gasteiger partial charge is 0.480 e. The van der Waals surface area contributed by atoms with Crippen molar-refractivity contribution in [3.05, 3.63) is 64.6 Å². The Morgan fingerprint density at radius 1 is 1.10 bits per heavy atom. The van der Waals surface area contributed by atoms with Crippen molar-refractivity contribution in [2.45, 2.75) is 51.0 Å². The molecule has 216 valence electrons. The zero-order valence-electron chi connectivity index (χ0n) is 21.4. The average molecular weight is 574 g/mol. The van der Waals surface area contributed by atoms with Gasteiger partial charge in [-0.3, -0.25) is 9.59 Å². The number of hydrogen-bond donors (Lipinski definition) is 2. The molecule has 1 heterocycles. The summed E-state index contributed by atoms with van der Waals surface area (Å²) in [5.74, 6) is -6.14. The molecule has 2 unspecified atom stereocenters. The highest BCUT2D eigenvalue weighted by atomic mass is 19.4. The molecule has 2 aromatic rings. The standard InChI is InChI=1S/C27H26F7N3O3/c1-3-4-13-9-17(25(40-2)35-12-13)23(38)37-22-16-7-6-15(18(16)11-26(29,30)31)21(22)24(39)36-14-5-8-20(28)19(10-14)27(32,33)34/h5,8-12,15-16,21-22H,3-4,6-7H2,1-2H3,(H,36,39)(H,37,38)/b18-11-/t15?,16?,21-,22+/m0/s1. The van der Waals surface area contributed by atoms with Crippen LogP contribution in [0.15, 0.2) is 42.1 Å². The maximum Gasteiger partial charge on any atom is 0.419 e. The first-order chi connectivity index (χ1) is 18.7. The molecule has 1 aromatic carbocycles. The lowest BCUT2D eigenvalue weighted by Crippen LogP contribution is -2.48. The monoisotopic (exact) mass is 573 g/mol. The van der Waals surface area contributed by atoms with Crippen LogP contribution in [0, 0.1) is 23.6 Å². The summed E-state index contributed by atoms with van der Waals surface area (Å²) in [6, 6.07) is 2.33. The first-order valence-corrected chi connectivity index (χ1v) is 12.5. The second kappa shape index (κ2) is 11.1. The molecule has 13 heteroatoms. The fraction of sp³-hybridized carbons (Fsp3) is 0.444. The molecule has 2 bridgehead atoms. The van der Waals surface area contributed by atoms with Crippen LogP contribution in [-0.2, 0) is 17.4 Å². The number of benzene rings is 1. The number of nitrogens with one attached hydrogen (secondary N) is 2. The summed E-state index contributed by atoms with van der Waals surface area (Å²) in [7, 11) is 1.30. The summed E-state index contributed by atoms with van der Waals surface area (Å²) in [4.78, 5) is 30.8. The third-order valence-corrected chi connectivity index (χ3v) is 7.25. The quantitative estimate of drug-likeness (QED) is 0.311. The fourth-order valence-corrected chi connectivity index (χ4v) is 5.70. The summed E-state index contributed by atoms with van der Waals surface area (Å²) in [5.41, 5.74) is -1.29. The molecule has 2 aliphatic rings. The van der Waals surface area contributed by atoms with Gasteiger partial charge >= 0.3 is 12.4 Å². The van der Waals surface area contributed by atoms with Crippen molar-refractivity contribution in [1.29, 1.82) is 0 Å². The second-order valence-corrected chi connectivity index (χ2v) is 9.83. The van der Waals surface area contributed by atoms with Crippen LogP contribution in [0.4, 0.5) is 36.4 Å². The molecule has 4 rings (SSSR count). The number of fused-ring (bicyclic) bond motifs is 2. The van der Waals surface area contributed by atoms with Crippen molar-refractivity contribution in [3.8, 4) is 5.88 Å². The van der Waals surface area contributed by atoms with Gasteiger partial charge in [0.2, 0.25) is 11.8 Å². The van der Waals surface area contributed by atoms with Crippen LogP contribution in [0.5, 0.6) is 5.88 Å². The van der Waals surface area contributed by atoms with E-state index in [0.29, 0.717) is 18.6 Å². The van der Waals surface area contributed by atoms with Crippen LogP contribution in [0.1, 0.15) is 47.7 Å². The van der Waals surface area contributed by atoms with Crippen molar-refractivity contribution in [1.82, 2.24) is 10.3 Å². The Morgan fingerprint density at radius 3 is 2.42 bits per heavy atom. The van der Waals surface area contributed by atoms with Crippen LogP contribution in [0.25, 0.3) is 0 Å². The van der Waals surface area contributed by atoms with Crippen LogP contribution in [0.2, 0.25) is 0 Å². The van der Waals surface area contributed by atoms with E-state index in [1.54, 1.807) is 6.07 Å². The number of anilines is 1. The van der Waals surface area contributed by atoms with Crippen LogP contribution in [-0.4, -0.2) is 36.1 Å². The van der Waals surface area contributed by atoms with Crippen molar-refractivity contribution < 1.29 is 45.1 Å². The van der Waals surface area contributed by atoms with Gasteiger partial charge in [-0.15, -0.1) is 0 Å². The highest BCUT2D eigenvalue weighted by Crippen LogP contribution is 2.54. The lowest BCUT2D eigenvalue weighted by atomic mass is 9.83. The van der Waals surface area contributed by atoms with Crippen LogP contribution < -0.4 is 15.4 Å². The predicted molar refractivity (Wildman–Crippen MR) is 130 cm³/mol. The number of aryl methyl sites for hydroxylation is 1. The van der Waals surface area contributed by atoms with Crippen molar-refractivity contribution in [2.24, 2.45) is 17.8 Å². The zero-order chi connectivity index (χ0) is 29.4. The molecule has 2 N–H and O–H groups in total. The predicted octanol–water partition coefficient (Wildman–Crippen LogP) is 6.08. The Hall–Kier alpha value is -3.64. The lowest BCUT2D eigenvalue weighted by molar-refractivity contribution is -0.140. The number of alkyl halides is 6. The molecule has 2 amide bonds. The number of carbonyl (C=O) groups excluding carboxylic acids is 2. The van der Waals surface area contributed by atoms with Crippen molar-refractivity contribution >= 4 is 17.5 Å². The van der Waals surface area contributed by atoms with Gasteiger partial charge in [0.25, 0.3) is 5.91 Å². The smallest absolute Gasteiger partial charge is 0.419 e. The van der Waals surface area contributed by atoms with Gasteiger partial charge in [-0.05, 0) is 55.0 Å². The van der Waals surface area contributed by atoms with E-state index in [1.807, 2.05) is 6.92 Å². The number of halogens is 7. The topological polar surface area (TPSA) is 80.3 Å². The zero-order valence-corrected chi connectivity index (χ0v) is 21.4. The van der Waals surface area contributed by atoms with E-state index in [9.17, 15) is 40.3 Å². The number of hydrogen-bond acceptors (Lipinski definition) is 4. The van der Waals surface area contributed by atoms with Crippen molar-refractivity contribution in [2.75, 3.05) is 12.4 Å². The van der Waals surface area contributed by atoms with E-state index in [4.69, 9.17) is 4.74 Å². The molecule has 6 nitrogen and oxygen atoms in total. The number of rotatable bonds is 7. The number of nitrogens with zero attached hydrogens (tertiary/aromatic N) is 1. The number of carbonyl (C=O) groups is 2. The summed E-state index contributed by atoms with van der Waals surface area (Å²) in [5, 5.41) is 4.96. The van der Waals surface area contributed by atoms with E-state index in [1.165, 1.54) is 13.3 Å². The number of methoxy groups -OCH3 is 1. The van der Waals surface area contributed by atoms with E-state index in [2.05, 4.69) is 15.6 Å². The van der Waals surface area contributed by atoms with Gasteiger partial charge in [0.15, 0.2) is 0 Å². The van der Waals surface area contributed by atoms with Gasteiger partial charge in [-0.25, -0.2) is 9.37 Å². The first kappa shape index (κ1) is 29.3. The van der Waals surface area contributed by atoms with E-state index >= 15 is 0 Å². The third kappa shape index (κ3) is 6.07. The SMILES string of the molecule is CCCc1cnc(OC)c(C(=O)N[C@@H]2C3CCC(/C3=C/C(F)(F)F)[C@@H]2C(=O)Nc2ccc(F)c(C(F)(F)F)c2)c1. The Kier molecular flexibility index (Phi) is 8.13. The van der Waals surface area contributed by atoms with Gasteiger partial charge in [-0.1, -0.05) is 18.9 Å². The van der Waals surface area contributed by atoms with Gasteiger partial charge < -0.3 is 15.4 Å². The molecule has 2 saturated carbocycles.